The van der Waals surface area contributed by atoms with Crippen molar-refractivity contribution in [1.29, 1.82) is 0 Å². The van der Waals surface area contributed by atoms with Gasteiger partial charge >= 0.3 is 6.03 Å². The van der Waals surface area contributed by atoms with Gasteiger partial charge in [-0.3, -0.25) is 0 Å². The smallest absolute Gasteiger partial charge is 0.320 e. The van der Waals surface area contributed by atoms with Crippen molar-refractivity contribution in [1.82, 2.24) is 9.80 Å². The molecular weight excluding hydrogens is 152 g/mol. The molecule has 0 N–H and O–H groups in total. The highest BCUT2D eigenvalue weighted by atomic mass is 16.2. The van der Waals surface area contributed by atoms with Crippen molar-refractivity contribution < 1.29 is 4.79 Å². The van der Waals surface area contributed by atoms with E-state index in [0.29, 0.717) is 0 Å². The summed E-state index contributed by atoms with van der Waals surface area (Å²) in [6.07, 6.45) is 4.95. The SMILES string of the molecule is CN1CC2(CCCC2)N(C)C1=O. The highest BCUT2D eigenvalue weighted by molar-refractivity contribution is 5.77. The van der Waals surface area contributed by atoms with Gasteiger partial charge in [-0.2, -0.15) is 0 Å². The van der Waals surface area contributed by atoms with Crippen LogP contribution < -0.4 is 0 Å². The third-order valence-electron chi connectivity index (χ3n) is 3.39. The molecule has 1 saturated heterocycles. The summed E-state index contributed by atoms with van der Waals surface area (Å²) < 4.78 is 0. The molecule has 0 bridgehead atoms. The zero-order valence-electron chi connectivity index (χ0n) is 7.84. The predicted molar refractivity (Wildman–Crippen MR) is 47.0 cm³/mol. The second kappa shape index (κ2) is 2.38. The van der Waals surface area contributed by atoms with Crippen molar-refractivity contribution in [3.8, 4) is 0 Å². The average Bonchev–Trinajstić information content (AvgIpc) is 2.57. The van der Waals surface area contributed by atoms with Crippen molar-refractivity contribution in [2.45, 2.75) is 31.2 Å². The second-order valence-electron chi connectivity index (χ2n) is 4.13. The Labute approximate surface area is 73.3 Å². The molecule has 2 aliphatic rings. The fraction of sp³-hybridized carbons (Fsp3) is 0.889. The molecule has 12 heavy (non-hydrogen) atoms. The molecule has 0 unspecified atom stereocenters. The number of nitrogens with zero attached hydrogens (tertiary/aromatic N) is 2. The number of hydrogen-bond donors (Lipinski definition) is 0. The third-order valence-corrected chi connectivity index (χ3v) is 3.39. The second-order valence-corrected chi connectivity index (χ2v) is 4.13. The van der Waals surface area contributed by atoms with Gasteiger partial charge in [-0.25, -0.2) is 4.79 Å². The highest BCUT2D eigenvalue weighted by Crippen LogP contribution is 2.38. The summed E-state index contributed by atoms with van der Waals surface area (Å²) >= 11 is 0. The Morgan fingerprint density at radius 1 is 1.25 bits per heavy atom. The maximum absolute atomic E-state index is 11.5. The molecule has 1 spiro atoms. The minimum Gasteiger partial charge on any atom is -0.325 e. The first-order valence-corrected chi connectivity index (χ1v) is 4.65. The Hall–Kier alpha value is -0.730. The summed E-state index contributed by atoms with van der Waals surface area (Å²) in [6, 6.07) is 0.192. The molecule has 0 atom stereocenters. The van der Waals surface area contributed by atoms with Gasteiger partial charge in [0, 0.05) is 20.6 Å². The summed E-state index contributed by atoms with van der Waals surface area (Å²) in [6.45, 7) is 0.933. The van der Waals surface area contributed by atoms with Gasteiger partial charge in [0.1, 0.15) is 0 Å². The quantitative estimate of drug-likeness (QED) is 0.534. The first-order chi connectivity index (χ1) is 5.66. The maximum Gasteiger partial charge on any atom is 0.320 e. The van der Waals surface area contributed by atoms with Crippen molar-refractivity contribution in [3.05, 3.63) is 0 Å². The Balaban J connectivity index is 2.23. The standard InChI is InChI=1S/C9H16N2O/c1-10-7-9(5-3-4-6-9)11(2)8(10)12/h3-7H2,1-2H3. The highest BCUT2D eigenvalue weighted by Gasteiger charge is 2.47. The topological polar surface area (TPSA) is 23.6 Å². The minimum absolute atomic E-state index is 0.192. The number of likely N-dealkylation sites (N-methyl/N-ethyl adjacent to an activating group) is 2. The van der Waals surface area contributed by atoms with E-state index in [1.54, 1.807) is 0 Å². The molecule has 2 fully saturated rings. The van der Waals surface area contributed by atoms with Crippen LogP contribution in [0.15, 0.2) is 0 Å². The number of rotatable bonds is 0. The summed E-state index contributed by atoms with van der Waals surface area (Å²) in [7, 11) is 3.84. The van der Waals surface area contributed by atoms with Crippen LogP contribution in [0.4, 0.5) is 4.79 Å². The Bertz CT molecular complexity index is 209. The lowest BCUT2D eigenvalue weighted by molar-refractivity contribution is 0.179. The molecule has 1 saturated carbocycles. The lowest BCUT2D eigenvalue weighted by Gasteiger charge is -2.29. The minimum atomic E-state index is 0.192. The van der Waals surface area contributed by atoms with Gasteiger partial charge in [0.25, 0.3) is 0 Å². The van der Waals surface area contributed by atoms with Gasteiger partial charge in [0.15, 0.2) is 0 Å². The van der Waals surface area contributed by atoms with E-state index in [9.17, 15) is 4.79 Å². The van der Waals surface area contributed by atoms with Crippen LogP contribution in [-0.2, 0) is 0 Å². The molecule has 1 aliphatic carbocycles. The zero-order valence-corrected chi connectivity index (χ0v) is 7.84. The molecule has 0 aromatic rings. The van der Waals surface area contributed by atoms with Crippen molar-refractivity contribution in [3.63, 3.8) is 0 Å². The summed E-state index contributed by atoms with van der Waals surface area (Å²) in [4.78, 5) is 15.3. The summed E-state index contributed by atoms with van der Waals surface area (Å²) in [5, 5.41) is 0. The lowest BCUT2D eigenvalue weighted by atomic mass is 9.98. The third kappa shape index (κ3) is 0.853. The molecule has 0 aromatic carbocycles. The number of urea groups is 1. The molecule has 3 heteroatoms. The largest absolute Gasteiger partial charge is 0.325 e. The van der Waals surface area contributed by atoms with Crippen LogP contribution in [0.5, 0.6) is 0 Å². The van der Waals surface area contributed by atoms with E-state index in [2.05, 4.69) is 0 Å². The van der Waals surface area contributed by atoms with E-state index in [4.69, 9.17) is 0 Å². The van der Waals surface area contributed by atoms with Gasteiger partial charge in [-0.1, -0.05) is 12.8 Å². The molecule has 1 aliphatic heterocycles. The monoisotopic (exact) mass is 168 g/mol. The van der Waals surface area contributed by atoms with E-state index in [1.807, 2.05) is 23.9 Å². The molecule has 1 heterocycles. The van der Waals surface area contributed by atoms with E-state index < -0.39 is 0 Å². The normalized spacial score (nSPS) is 27.7. The van der Waals surface area contributed by atoms with Crippen molar-refractivity contribution in [2.75, 3.05) is 20.6 Å². The van der Waals surface area contributed by atoms with Crippen LogP contribution in [0.3, 0.4) is 0 Å². The van der Waals surface area contributed by atoms with Crippen LogP contribution in [0, 0.1) is 0 Å². The van der Waals surface area contributed by atoms with Crippen LogP contribution in [0.2, 0.25) is 0 Å². The molecule has 2 rings (SSSR count). The van der Waals surface area contributed by atoms with Crippen LogP contribution in [0.1, 0.15) is 25.7 Å². The predicted octanol–water partition coefficient (Wildman–Crippen LogP) is 1.30. The zero-order chi connectivity index (χ0) is 8.77. The molecule has 0 radical (unpaired) electrons. The van der Waals surface area contributed by atoms with Crippen LogP contribution >= 0.6 is 0 Å². The van der Waals surface area contributed by atoms with E-state index in [1.165, 1.54) is 25.7 Å². The first-order valence-electron chi connectivity index (χ1n) is 4.65. The van der Waals surface area contributed by atoms with Crippen molar-refractivity contribution >= 4 is 6.03 Å². The number of amides is 2. The maximum atomic E-state index is 11.5. The van der Waals surface area contributed by atoms with Gasteiger partial charge in [0.05, 0.1) is 5.54 Å². The van der Waals surface area contributed by atoms with E-state index in [-0.39, 0.29) is 11.6 Å². The first kappa shape index (κ1) is 7.90. The number of carbonyl (C=O) groups excluding carboxylic acids is 1. The number of hydrogen-bond acceptors (Lipinski definition) is 1. The van der Waals surface area contributed by atoms with Gasteiger partial charge in [-0.15, -0.1) is 0 Å². The van der Waals surface area contributed by atoms with E-state index in [0.717, 1.165) is 6.54 Å². The number of carbonyl (C=O) groups is 1. The van der Waals surface area contributed by atoms with Gasteiger partial charge in [0.2, 0.25) is 0 Å². The molecule has 68 valence electrons. The van der Waals surface area contributed by atoms with Crippen LogP contribution in [-0.4, -0.2) is 42.0 Å². The van der Waals surface area contributed by atoms with Crippen LogP contribution in [0.25, 0.3) is 0 Å². The summed E-state index contributed by atoms with van der Waals surface area (Å²) in [5.41, 5.74) is 0.200. The van der Waals surface area contributed by atoms with Crippen molar-refractivity contribution in [2.24, 2.45) is 0 Å². The average molecular weight is 168 g/mol. The molecular formula is C9H16N2O. The van der Waals surface area contributed by atoms with Gasteiger partial charge in [-0.05, 0) is 12.8 Å². The lowest BCUT2D eigenvalue weighted by Crippen LogP contribution is -2.41. The van der Waals surface area contributed by atoms with Gasteiger partial charge < -0.3 is 9.80 Å². The fourth-order valence-electron chi connectivity index (χ4n) is 2.60. The molecule has 2 amide bonds. The molecule has 3 nitrogen and oxygen atoms in total. The Morgan fingerprint density at radius 3 is 2.25 bits per heavy atom. The fourth-order valence-corrected chi connectivity index (χ4v) is 2.60. The Kier molecular flexibility index (Phi) is 1.56. The molecule has 0 aromatic heterocycles. The summed E-state index contributed by atoms with van der Waals surface area (Å²) in [5.74, 6) is 0. The Morgan fingerprint density at radius 2 is 1.83 bits per heavy atom. The van der Waals surface area contributed by atoms with E-state index >= 15 is 0 Å².